The number of amides is 1. The van der Waals surface area contributed by atoms with Gasteiger partial charge in [0.1, 0.15) is 11.6 Å². The SMILES string of the molecule is CCOC(=O)N1CCN(c2cc(C)nc3nc(-c4ccc(OC)cc4)nn23)CC1. The summed E-state index contributed by atoms with van der Waals surface area (Å²) in [4.78, 5) is 25.0. The average Bonchev–Trinajstić information content (AvgIpc) is 3.17. The third-order valence-electron chi connectivity index (χ3n) is 4.90. The van der Waals surface area contributed by atoms with Crippen LogP contribution in [0.4, 0.5) is 10.6 Å². The van der Waals surface area contributed by atoms with Crippen LogP contribution in [-0.2, 0) is 4.74 Å². The number of rotatable bonds is 4. The number of fused-ring (bicyclic) bond motifs is 1. The average molecular weight is 396 g/mol. The van der Waals surface area contributed by atoms with Crippen molar-refractivity contribution in [3.05, 3.63) is 36.0 Å². The van der Waals surface area contributed by atoms with Crippen molar-refractivity contribution in [1.82, 2.24) is 24.5 Å². The molecule has 0 saturated carbocycles. The molecule has 1 aliphatic rings. The van der Waals surface area contributed by atoms with Gasteiger partial charge >= 0.3 is 6.09 Å². The Bertz CT molecular complexity index is 1010. The molecule has 0 spiro atoms. The van der Waals surface area contributed by atoms with E-state index in [-0.39, 0.29) is 6.09 Å². The highest BCUT2D eigenvalue weighted by Crippen LogP contribution is 2.23. The molecule has 0 unspecified atom stereocenters. The zero-order valence-corrected chi connectivity index (χ0v) is 16.8. The Hall–Kier alpha value is -3.36. The monoisotopic (exact) mass is 396 g/mol. The van der Waals surface area contributed by atoms with Gasteiger partial charge in [0.05, 0.1) is 13.7 Å². The molecule has 1 aromatic carbocycles. The summed E-state index contributed by atoms with van der Waals surface area (Å²) in [5.74, 6) is 2.87. The summed E-state index contributed by atoms with van der Waals surface area (Å²) in [5.41, 5.74) is 1.76. The minimum atomic E-state index is -0.259. The highest BCUT2D eigenvalue weighted by atomic mass is 16.6. The fourth-order valence-electron chi connectivity index (χ4n) is 3.39. The fraction of sp³-hybridized carbons (Fsp3) is 0.400. The molecule has 9 nitrogen and oxygen atoms in total. The van der Waals surface area contributed by atoms with Crippen molar-refractivity contribution in [2.45, 2.75) is 13.8 Å². The number of aromatic nitrogens is 4. The van der Waals surface area contributed by atoms with Gasteiger partial charge < -0.3 is 19.3 Å². The van der Waals surface area contributed by atoms with Gasteiger partial charge in [-0.05, 0) is 38.1 Å². The van der Waals surface area contributed by atoms with E-state index in [1.165, 1.54) is 0 Å². The standard InChI is InChI=1S/C20H24N6O3/c1-4-29-20(27)25-11-9-24(10-12-25)17-13-14(2)21-19-22-18(23-26(17)19)15-5-7-16(28-3)8-6-15/h5-8,13H,4,9-12H2,1-3H3. The maximum absolute atomic E-state index is 12.0. The van der Waals surface area contributed by atoms with Gasteiger partial charge in [-0.25, -0.2) is 9.78 Å². The van der Waals surface area contributed by atoms with Gasteiger partial charge in [0.2, 0.25) is 0 Å². The second-order valence-corrected chi connectivity index (χ2v) is 6.80. The molecule has 0 atom stereocenters. The van der Waals surface area contributed by atoms with Gasteiger partial charge in [0.15, 0.2) is 5.82 Å². The Morgan fingerprint density at radius 1 is 1.10 bits per heavy atom. The van der Waals surface area contributed by atoms with Crippen molar-refractivity contribution in [3.8, 4) is 17.1 Å². The van der Waals surface area contributed by atoms with Gasteiger partial charge in [0, 0.05) is 43.5 Å². The van der Waals surface area contributed by atoms with E-state index in [9.17, 15) is 4.79 Å². The van der Waals surface area contributed by atoms with Crippen LogP contribution in [-0.4, -0.2) is 70.5 Å². The number of hydrogen-bond donors (Lipinski definition) is 0. The maximum atomic E-state index is 12.0. The molecule has 3 aromatic rings. The number of carbonyl (C=O) groups is 1. The Labute approximate surface area is 168 Å². The number of anilines is 1. The van der Waals surface area contributed by atoms with E-state index in [1.807, 2.05) is 44.2 Å². The Balaban J connectivity index is 1.61. The van der Waals surface area contributed by atoms with Gasteiger partial charge in [-0.1, -0.05) is 0 Å². The maximum Gasteiger partial charge on any atom is 0.409 e. The minimum Gasteiger partial charge on any atom is -0.497 e. The summed E-state index contributed by atoms with van der Waals surface area (Å²) < 4.78 is 12.1. The van der Waals surface area contributed by atoms with Crippen molar-refractivity contribution < 1.29 is 14.3 Å². The van der Waals surface area contributed by atoms with Crippen LogP contribution in [0.1, 0.15) is 12.6 Å². The summed E-state index contributed by atoms with van der Waals surface area (Å²) in [7, 11) is 1.64. The Kier molecular flexibility index (Phi) is 5.20. The lowest BCUT2D eigenvalue weighted by Gasteiger charge is -2.35. The first-order chi connectivity index (χ1) is 14.1. The van der Waals surface area contributed by atoms with E-state index >= 15 is 0 Å². The predicted octanol–water partition coefficient (Wildman–Crippen LogP) is 2.39. The lowest BCUT2D eigenvalue weighted by Crippen LogP contribution is -2.49. The van der Waals surface area contributed by atoms with E-state index in [0.717, 1.165) is 22.8 Å². The second-order valence-electron chi connectivity index (χ2n) is 6.80. The van der Waals surface area contributed by atoms with E-state index < -0.39 is 0 Å². The smallest absolute Gasteiger partial charge is 0.409 e. The highest BCUT2D eigenvalue weighted by molar-refractivity contribution is 5.68. The Morgan fingerprint density at radius 2 is 1.83 bits per heavy atom. The van der Waals surface area contributed by atoms with Crippen molar-refractivity contribution in [3.63, 3.8) is 0 Å². The summed E-state index contributed by atoms with van der Waals surface area (Å²) in [6.07, 6.45) is -0.259. The van der Waals surface area contributed by atoms with Crippen molar-refractivity contribution >= 4 is 17.7 Å². The first-order valence-electron chi connectivity index (χ1n) is 9.64. The molecule has 2 aromatic heterocycles. The molecular weight excluding hydrogens is 372 g/mol. The van der Waals surface area contributed by atoms with E-state index in [2.05, 4.69) is 14.9 Å². The first kappa shape index (κ1) is 19.0. The molecule has 9 heteroatoms. The number of carbonyl (C=O) groups excluding carboxylic acids is 1. The molecule has 1 amide bonds. The van der Waals surface area contributed by atoms with Crippen LogP contribution in [0.5, 0.6) is 5.75 Å². The van der Waals surface area contributed by atoms with Crippen LogP contribution in [0.25, 0.3) is 17.2 Å². The number of nitrogens with zero attached hydrogens (tertiary/aromatic N) is 6. The molecule has 1 saturated heterocycles. The summed E-state index contributed by atoms with van der Waals surface area (Å²) >= 11 is 0. The number of benzene rings is 1. The summed E-state index contributed by atoms with van der Waals surface area (Å²) in [6, 6.07) is 9.63. The molecule has 0 aliphatic carbocycles. The van der Waals surface area contributed by atoms with Crippen molar-refractivity contribution in [2.24, 2.45) is 0 Å². The van der Waals surface area contributed by atoms with Gasteiger partial charge in [-0.3, -0.25) is 0 Å². The number of aryl methyl sites for hydroxylation is 1. The van der Waals surface area contributed by atoms with Crippen molar-refractivity contribution in [2.75, 3.05) is 44.8 Å². The third kappa shape index (κ3) is 3.80. The number of methoxy groups -OCH3 is 1. The van der Waals surface area contributed by atoms with Crippen LogP contribution < -0.4 is 9.64 Å². The molecule has 152 valence electrons. The summed E-state index contributed by atoms with van der Waals surface area (Å²) in [5, 5.41) is 4.69. The first-order valence-corrected chi connectivity index (χ1v) is 9.64. The van der Waals surface area contributed by atoms with Crippen LogP contribution in [0.15, 0.2) is 30.3 Å². The fourth-order valence-corrected chi connectivity index (χ4v) is 3.39. The lowest BCUT2D eigenvalue weighted by molar-refractivity contribution is 0.105. The zero-order valence-electron chi connectivity index (χ0n) is 16.8. The molecule has 1 fully saturated rings. The van der Waals surface area contributed by atoms with Crippen LogP contribution >= 0.6 is 0 Å². The normalized spacial score (nSPS) is 14.3. The number of ether oxygens (including phenoxy) is 2. The van der Waals surface area contributed by atoms with Gasteiger partial charge in [-0.2, -0.15) is 9.50 Å². The molecule has 0 radical (unpaired) electrons. The Morgan fingerprint density at radius 3 is 2.48 bits per heavy atom. The molecule has 1 aliphatic heterocycles. The van der Waals surface area contributed by atoms with E-state index in [4.69, 9.17) is 14.6 Å². The quantitative estimate of drug-likeness (QED) is 0.669. The highest BCUT2D eigenvalue weighted by Gasteiger charge is 2.24. The molecular formula is C20H24N6O3. The summed E-state index contributed by atoms with van der Waals surface area (Å²) in [6.45, 7) is 6.72. The molecule has 0 N–H and O–H groups in total. The zero-order chi connectivity index (χ0) is 20.4. The molecule has 3 heterocycles. The second kappa shape index (κ2) is 7.94. The van der Waals surface area contributed by atoms with Crippen LogP contribution in [0.3, 0.4) is 0 Å². The van der Waals surface area contributed by atoms with E-state index in [1.54, 1.807) is 16.5 Å². The van der Waals surface area contributed by atoms with Gasteiger partial charge in [0.25, 0.3) is 5.78 Å². The topological polar surface area (TPSA) is 85.1 Å². The van der Waals surface area contributed by atoms with Crippen LogP contribution in [0.2, 0.25) is 0 Å². The molecule has 29 heavy (non-hydrogen) atoms. The van der Waals surface area contributed by atoms with Crippen molar-refractivity contribution in [1.29, 1.82) is 0 Å². The third-order valence-corrected chi connectivity index (χ3v) is 4.90. The lowest BCUT2D eigenvalue weighted by atomic mass is 10.2. The van der Waals surface area contributed by atoms with Crippen LogP contribution in [0, 0.1) is 6.92 Å². The number of hydrogen-bond acceptors (Lipinski definition) is 7. The minimum absolute atomic E-state index is 0.259. The van der Waals surface area contributed by atoms with E-state index in [0.29, 0.717) is 44.4 Å². The van der Waals surface area contributed by atoms with Gasteiger partial charge in [-0.15, -0.1) is 5.10 Å². The molecule has 4 rings (SSSR count). The largest absolute Gasteiger partial charge is 0.497 e. The predicted molar refractivity (Wildman–Crippen MR) is 108 cm³/mol. The molecule has 0 bridgehead atoms. The number of piperazine rings is 1.